The third kappa shape index (κ3) is 5.01. The monoisotopic (exact) mass is 576 g/mol. The first-order valence-corrected chi connectivity index (χ1v) is 14.4. The van der Waals surface area contributed by atoms with Gasteiger partial charge in [-0.3, -0.25) is 9.80 Å². The van der Waals surface area contributed by atoms with E-state index in [1.807, 2.05) is 0 Å². The molecule has 8 nitrogen and oxygen atoms in total. The van der Waals surface area contributed by atoms with Crippen molar-refractivity contribution >= 4 is 0 Å². The normalized spacial score (nSPS) is 18.6. The van der Waals surface area contributed by atoms with Crippen LogP contribution in [0.15, 0.2) is 30.3 Å². The van der Waals surface area contributed by atoms with Crippen LogP contribution in [0, 0.1) is 6.92 Å². The number of benzene rings is 3. The summed E-state index contributed by atoms with van der Waals surface area (Å²) < 4.78 is 35.1. The Morgan fingerprint density at radius 3 is 1.71 bits per heavy atom. The second-order valence-corrected chi connectivity index (χ2v) is 11.2. The Kier molecular flexibility index (Phi) is 8.76. The summed E-state index contributed by atoms with van der Waals surface area (Å²) in [6, 6.07) is 11.1. The summed E-state index contributed by atoms with van der Waals surface area (Å²) in [5.74, 6) is 4.13. The van der Waals surface area contributed by atoms with Crippen LogP contribution in [0.1, 0.15) is 51.0 Å². The molecular formula is C34H44N2O6. The zero-order chi connectivity index (χ0) is 30.1. The van der Waals surface area contributed by atoms with Gasteiger partial charge in [0.05, 0.1) is 48.7 Å². The standard InChI is InChI=1S/C34H44N2O6/c1-20-10-11-21(17-25-28-22(12-14-35(25)2)18-26(37-4)31(39-6)33(28)41-8)24(16-20)30-29-23(13-15-36(30)3)19-27(38-5)32(40-7)34(29)42-9/h10-11,16,18-19,25,30H,12-15,17H2,1-9H3. The molecule has 3 aromatic rings. The van der Waals surface area contributed by atoms with Gasteiger partial charge < -0.3 is 28.4 Å². The van der Waals surface area contributed by atoms with Gasteiger partial charge in [0.15, 0.2) is 23.0 Å². The number of aryl methyl sites for hydroxylation is 1. The number of rotatable bonds is 9. The van der Waals surface area contributed by atoms with Crippen molar-refractivity contribution < 1.29 is 28.4 Å². The number of likely N-dealkylation sites (N-methyl/N-ethyl adjacent to an activating group) is 2. The number of hydrogen-bond donors (Lipinski definition) is 0. The average molecular weight is 577 g/mol. The minimum atomic E-state index is -0.0147. The van der Waals surface area contributed by atoms with Gasteiger partial charge in [0, 0.05) is 30.3 Å². The highest BCUT2D eigenvalue weighted by molar-refractivity contribution is 5.64. The van der Waals surface area contributed by atoms with Gasteiger partial charge in [-0.15, -0.1) is 0 Å². The van der Waals surface area contributed by atoms with Crippen molar-refractivity contribution in [2.45, 2.75) is 38.3 Å². The topological polar surface area (TPSA) is 61.9 Å². The molecule has 8 heteroatoms. The van der Waals surface area contributed by atoms with E-state index in [0.717, 1.165) is 55.0 Å². The Balaban J connectivity index is 1.68. The second kappa shape index (κ2) is 12.3. The molecule has 2 unspecified atom stereocenters. The van der Waals surface area contributed by atoms with E-state index >= 15 is 0 Å². The third-order valence-corrected chi connectivity index (χ3v) is 8.96. The first-order chi connectivity index (χ1) is 20.3. The van der Waals surface area contributed by atoms with Crippen LogP contribution in [0.4, 0.5) is 0 Å². The first-order valence-electron chi connectivity index (χ1n) is 14.4. The molecule has 5 rings (SSSR count). The largest absolute Gasteiger partial charge is 0.493 e. The molecule has 2 heterocycles. The van der Waals surface area contributed by atoms with Gasteiger partial charge in [-0.1, -0.05) is 23.8 Å². The molecule has 2 atom stereocenters. The van der Waals surface area contributed by atoms with Crippen molar-refractivity contribution in [2.24, 2.45) is 0 Å². The summed E-state index contributed by atoms with van der Waals surface area (Å²) in [6.45, 7) is 4.01. The molecule has 3 aromatic carbocycles. The van der Waals surface area contributed by atoms with Gasteiger partial charge >= 0.3 is 0 Å². The molecule has 0 amide bonds. The van der Waals surface area contributed by atoms with Crippen LogP contribution in [0.25, 0.3) is 0 Å². The highest BCUT2D eigenvalue weighted by Crippen LogP contribution is 2.51. The van der Waals surface area contributed by atoms with Crippen LogP contribution < -0.4 is 28.4 Å². The third-order valence-electron chi connectivity index (χ3n) is 8.96. The summed E-state index contributed by atoms with van der Waals surface area (Å²) in [7, 11) is 14.5. The van der Waals surface area contributed by atoms with Gasteiger partial charge in [-0.2, -0.15) is 0 Å². The van der Waals surface area contributed by atoms with E-state index in [-0.39, 0.29) is 12.1 Å². The number of hydrogen-bond acceptors (Lipinski definition) is 8. The van der Waals surface area contributed by atoms with E-state index in [1.165, 1.54) is 27.8 Å². The Hall–Kier alpha value is -3.62. The van der Waals surface area contributed by atoms with Crippen LogP contribution in [0.5, 0.6) is 34.5 Å². The summed E-state index contributed by atoms with van der Waals surface area (Å²) in [6.07, 6.45) is 2.62. The Bertz CT molecular complexity index is 1450. The molecule has 0 saturated heterocycles. The minimum absolute atomic E-state index is 0.0147. The van der Waals surface area contributed by atoms with Gasteiger partial charge in [0.1, 0.15) is 0 Å². The van der Waals surface area contributed by atoms with Crippen LogP contribution >= 0.6 is 0 Å². The van der Waals surface area contributed by atoms with E-state index in [0.29, 0.717) is 23.0 Å². The van der Waals surface area contributed by atoms with Crippen molar-refractivity contribution in [3.63, 3.8) is 0 Å². The lowest BCUT2D eigenvalue weighted by atomic mass is 9.81. The van der Waals surface area contributed by atoms with Crippen LogP contribution in [0.3, 0.4) is 0 Å². The number of nitrogens with zero attached hydrogens (tertiary/aromatic N) is 2. The van der Waals surface area contributed by atoms with Crippen molar-refractivity contribution in [3.8, 4) is 34.5 Å². The van der Waals surface area contributed by atoms with Gasteiger partial charge in [-0.25, -0.2) is 0 Å². The lowest BCUT2D eigenvalue weighted by molar-refractivity contribution is 0.216. The van der Waals surface area contributed by atoms with Crippen LogP contribution in [-0.4, -0.2) is 79.6 Å². The van der Waals surface area contributed by atoms with E-state index in [1.54, 1.807) is 42.7 Å². The van der Waals surface area contributed by atoms with Crippen molar-refractivity contribution in [1.29, 1.82) is 0 Å². The predicted molar refractivity (Wildman–Crippen MR) is 164 cm³/mol. The Morgan fingerprint density at radius 2 is 1.17 bits per heavy atom. The Labute approximate surface area is 250 Å². The maximum Gasteiger partial charge on any atom is 0.203 e. The van der Waals surface area contributed by atoms with Crippen molar-refractivity contribution in [1.82, 2.24) is 9.80 Å². The first kappa shape index (κ1) is 29.9. The second-order valence-electron chi connectivity index (χ2n) is 11.2. The van der Waals surface area contributed by atoms with Gasteiger partial charge in [0.2, 0.25) is 11.5 Å². The van der Waals surface area contributed by atoms with Gasteiger partial charge in [-0.05, 0) is 74.7 Å². The molecule has 0 aromatic heterocycles. The van der Waals surface area contributed by atoms with Crippen LogP contribution in [0.2, 0.25) is 0 Å². The highest BCUT2D eigenvalue weighted by Gasteiger charge is 2.37. The van der Waals surface area contributed by atoms with E-state index in [2.05, 4.69) is 61.2 Å². The summed E-state index contributed by atoms with van der Waals surface area (Å²) >= 11 is 0. The minimum Gasteiger partial charge on any atom is -0.493 e. The quantitative estimate of drug-likeness (QED) is 0.336. The number of methoxy groups -OCH3 is 6. The molecule has 0 N–H and O–H groups in total. The highest BCUT2D eigenvalue weighted by atomic mass is 16.5. The molecule has 226 valence electrons. The lowest BCUT2D eigenvalue weighted by Crippen LogP contribution is -2.36. The van der Waals surface area contributed by atoms with Crippen molar-refractivity contribution in [3.05, 3.63) is 69.3 Å². The molecule has 0 bridgehead atoms. The molecule has 0 fully saturated rings. The molecular weight excluding hydrogens is 532 g/mol. The van der Waals surface area contributed by atoms with Crippen LogP contribution in [-0.2, 0) is 19.3 Å². The zero-order valence-electron chi connectivity index (χ0n) is 26.4. The van der Waals surface area contributed by atoms with Crippen molar-refractivity contribution in [2.75, 3.05) is 69.8 Å². The Morgan fingerprint density at radius 1 is 0.643 bits per heavy atom. The zero-order valence-corrected chi connectivity index (χ0v) is 26.4. The SMILES string of the molecule is COc1cc2c(c(OC)c1OC)C(Cc1ccc(C)cc1C1c3c(cc(OC)c(OC)c3OC)CCN1C)N(C)CC2. The fourth-order valence-corrected chi connectivity index (χ4v) is 6.87. The summed E-state index contributed by atoms with van der Waals surface area (Å²) in [4.78, 5) is 4.84. The molecule has 0 saturated carbocycles. The smallest absolute Gasteiger partial charge is 0.203 e. The summed E-state index contributed by atoms with van der Waals surface area (Å²) in [5, 5.41) is 0. The molecule has 0 aliphatic carbocycles. The average Bonchev–Trinajstić information content (AvgIpc) is 3.00. The maximum absolute atomic E-state index is 6.06. The number of fused-ring (bicyclic) bond motifs is 2. The number of ether oxygens (including phenoxy) is 6. The molecule has 42 heavy (non-hydrogen) atoms. The van der Waals surface area contributed by atoms with E-state index < -0.39 is 0 Å². The fraction of sp³-hybridized carbons (Fsp3) is 0.471. The lowest BCUT2D eigenvalue weighted by Gasteiger charge is -2.39. The maximum atomic E-state index is 6.06. The van der Waals surface area contributed by atoms with Gasteiger partial charge in [0.25, 0.3) is 0 Å². The molecule has 2 aliphatic heterocycles. The predicted octanol–water partition coefficient (Wildman–Crippen LogP) is 5.40. The fourth-order valence-electron chi connectivity index (χ4n) is 6.87. The molecule has 0 spiro atoms. The summed E-state index contributed by atoms with van der Waals surface area (Å²) in [5.41, 5.74) is 8.52. The molecule has 0 radical (unpaired) electrons. The van der Waals surface area contributed by atoms with E-state index in [4.69, 9.17) is 28.4 Å². The molecule has 2 aliphatic rings. The van der Waals surface area contributed by atoms with E-state index in [9.17, 15) is 0 Å².